The van der Waals surface area contributed by atoms with Gasteiger partial charge in [0.05, 0.1) is 139 Å². The summed E-state index contributed by atoms with van der Waals surface area (Å²) in [4.78, 5) is 14.8. The number of nitrogens with zero attached hydrogens (tertiary/aromatic N) is 12. The van der Waals surface area contributed by atoms with E-state index in [1.54, 1.807) is 60.7 Å². The van der Waals surface area contributed by atoms with Crippen LogP contribution in [0.2, 0.25) is 39.3 Å². The van der Waals surface area contributed by atoms with Crippen molar-refractivity contribution in [3.63, 3.8) is 0 Å². The molecule has 0 aliphatic carbocycles. The van der Waals surface area contributed by atoms with Crippen LogP contribution in [0.5, 0.6) is 0 Å². The predicted octanol–water partition coefficient (Wildman–Crippen LogP) is 32.0. The van der Waals surface area contributed by atoms with Gasteiger partial charge in [0.1, 0.15) is 0 Å². The van der Waals surface area contributed by atoms with E-state index >= 15 is 0 Å². The molecule has 136 heavy (non-hydrogen) atoms. The number of aromatic nitrogens is 4. The molecule has 0 aliphatic rings. The fraction of sp³-hybridized carbons (Fsp3) is 0.0769. The standard InChI is InChI=1S/C60H44N6Si2.C57H29F5N6/c1-63-41-15-27-57-51(31-41)49-29-37(35-61)9-25-55(49)65(57)43-17-23-47-53(33-43)59(39-11-19-45(20-12-39)67(3,4)5)48-24-18-44(34-54(48)60(47)40-13-21-46(22-14-40)68(6,7)8)66-56-26-10-38(36-62)30-50(56)52-32-42(64-2)16-28-58(52)66;1-56(58,59)36-10-6-34(7-11-36)54-42-18-16-41(68-51-21-5-33(31-64)25-45(51)47-27-39(66-3)15-23-53(47)68)29-49(42)55(35-8-12-37(13-9-35)57(60,61)62)43-19-17-40(28-48(43)54)67-50-20-4-32(30-63)24-44(50)46-26-38(65-2)14-22-52(46)67/h9-34H,3-8H3;4-29H,1H3. The molecule has 18 aromatic carbocycles. The average Bonchev–Trinajstić information content (AvgIpc) is 1.17. The second-order valence-corrected chi connectivity index (χ2v) is 46.7. The highest BCUT2D eigenvalue weighted by atomic mass is 28.3. The van der Waals surface area contributed by atoms with Gasteiger partial charge in [-0.1, -0.05) is 183 Å². The topological polar surface area (TPSA) is 132 Å². The number of nitriles is 4. The molecule has 0 unspecified atom stereocenters. The number of halogens is 5. The van der Waals surface area contributed by atoms with Crippen LogP contribution in [-0.4, -0.2) is 34.4 Å². The first-order valence-electron chi connectivity index (χ1n) is 44.0. The van der Waals surface area contributed by atoms with E-state index in [4.69, 9.17) is 26.3 Å². The fourth-order valence-corrected chi connectivity index (χ4v) is 22.3. The number of alkyl halides is 5. The van der Waals surface area contributed by atoms with Crippen LogP contribution in [0, 0.1) is 71.6 Å². The van der Waals surface area contributed by atoms with Crippen LogP contribution in [0.4, 0.5) is 44.7 Å². The minimum atomic E-state index is -4.59. The van der Waals surface area contributed by atoms with Crippen molar-refractivity contribution in [1.82, 2.24) is 18.3 Å². The Labute approximate surface area is 780 Å². The van der Waals surface area contributed by atoms with Gasteiger partial charge in [0.2, 0.25) is 0 Å². The number of benzene rings is 18. The van der Waals surface area contributed by atoms with Crippen LogP contribution >= 0.6 is 0 Å². The lowest BCUT2D eigenvalue weighted by atomic mass is 9.85. The van der Waals surface area contributed by atoms with Gasteiger partial charge in [-0.2, -0.15) is 34.2 Å². The van der Waals surface area contributed by atoms with Crippen molar-refractivity contribution in [2.75, 3.05) is 0 Å². The molecule has 22 rings (SSSR count). The van der Waals surface area contributed by atoms with E-state index in [1.165, 1.54) is 34.6 Å². The molecule has 4 aromatic heterocycles. The summed E-state index contributed by atoms with van der Waals surface area (Å²) in [6, 6.07) is 109. The molecular formula is C117H73F5N12Si2. The smallest absolute Gasteiger partial charge is 0.309 e. The molecule has 0 spiro atoms. The van der Waals surface area contributed by atoms with E-state index in [0.29, 0.717) is 100 Å². The third kappa shape index (κ3) is 14.1. The van der Waals surface area contributed by atoms with Crippen molar-refractivity contribution < 1.29 is 22.0 Å². The molecule has 4 heterocycles. The zero-order valence-electron chi connectivity index (χ0n) is 74.3. The van der Waals surface area contributed by atoms with Gasteiger partial charge in [0.15, 0.2) is 22.7 Å². The quantitative estimate of drug-likeness (QED) is 0.0552. The summed E-state index contributed by atoms with van der Waals surface area (Å²) in [5.74, 6) is -3.11. The molecule has 0 saturated heterocycles. The van der Waals surface area contributed by atoms with Gasteiger partial charge in [-0.3, -0.25) is 0 Å². The minimum absolute atomic E-state index is 0.174. The fourth-order valence-electron chi connectivity index (χ4n) is 20.0. The third-order valence-electron chi connectivity index (χ3n) is 26.5. The lowest BCUT2D eigenvalue weighted by Crippen LogP contribution is -2.37. The Morgan fingerprint density at radius 2 is 0.456 bits per heavy atom. The molecular weight excluding hydrogens is 1720 g/mol. The highest BCUT2D eigenvalue weighted by Gasteiger charge is 2.33. The molecule has 12 nitrogen and oxygen atoms in total. The van der Waals surface area contributed by atoms with Gasteiger partial charge in [-0.05, 0) is 291 Å². The van der Waals surface area contributed by atoms with Gasteiger partial charge in [0.25, 0.3) is 5.92 Å². The number of hydrogen-bond donors (Lipinski definition) is 0. The van der Waals surface area contributed by atoms with E-state index in [1.807, 2.05) is 143 Å². The second kappa shape index (κ2) is 32.1. The Balaban J connectivity index is 0.000000163. The maximum absolute atomic E-state index is 14.7. The summed E-state index contributed by atoms with van der Waals surface area (Å²) in [6.45, 7) is 46.2. The molecule has 0 N–H and O–H groups in total. The van der Waals surface area contributed by atoms with Crippen molar-refractivity contribution in [3.8, 4) is 91.5 Å². The summed E-state index contributed by atoms with van der Waals surface area (Å²) in [6.07, 6.45) is -4.59. The lowest BCUT2D eigenvalue weighted by Gasteiger charge is -2.22. The van der Waals surface area contributed by atoms with Crippen molar-refractivity contribution in [2.24, 2.45) is 0 Å². The summed E-state index contributed by atoms with van der Waals surface area (Å²) in [7, 11) is -3.24. The summed E-state index contributed by atoms with van der Waals surface area (Å²) in [5.41, 5.74) is 20.2. The lowest BCUT2D eigenvalue weighted by molar-refractivity contribution is -0.137. The Morgan fingerprint density at radius 3 is 0.662 bits per heavy atom. The molecule has 0 amide bonds. The van der Waals surface area contributed by atoms with Gasteiger partial charge in [-0.25, -0.2) is 28.2 Å². The average molecular weight is 1800 g/mol. The molecule has 644 valence electrons. The largest absolute Gasteiger partial charge is 0.416 e. The van der Waals surface area contributed by atoms with Crippen LogP contribution in [0.3, 0.4) is 0 Å². The third-order valence-corrected chi connectivity index (χ3v) is 30.6. The molecule has 0 bridgehead atoms. The Bertz CT molecular complexity index is 8000. The van der Waals surface area contributed by atoms with Crippen molar-refractivity contribution in [2.45, 2.75) is 58.3 Å². The summed E-state index contributed by atoms with van der Waals surface area (Å²) < 4.78 is 80.4. The number of fused-ring (bicyclic) bond motifs is 16. The molecule has 0 radical (unpaired) electrons. The normalized spacial score (nSPS) is 11.9. The molecule has 0 fully saturated rings. The number of rotatable bonds is 11. The SMILES string of the molecule is [C-]#[N+]c1ccc2c(c1)c1cc(C#N)ccc1n2-c1ccc2c(-c3ccc(C(F)(F)F)cc3)c3cc(-n4c5ccc(C#N)cc5c5cc([N+]#[C-])ccc54)ccc3c(-c3ccc(C(C)(F)F)cc3)c2c1.[C-]#[N+]c1ccc2c(c1)c1cc(C#N)ccc1n2-c1ccc2c(-c3ccc([Si](C)(C)C)cc3)c3cc(-n4c5ccc(C#N)cc5c5cc([N+]#[C-])ccc54)ccc3c(-c3ccc([Si](C)(C)C)cc3)c2c1. The predicted molar refractivity (Wildman–Crippen MR) is 546 cm³/mol. The molecule has 0 saturated carbocycles. The van der Waals surface area contributed by atoms with Gasteiger partial charge >= 0.3 is 6.18 Å². The first-order valence-corrected chi connectivity index (χ1v) is 51.0. The summed E-state index contributed by atoms with van der Waals surface area (Å²) in [5, 5.41) is 56.3. The van der Waals surface area contributed by atoms with E-state index in [-0.39, 0.29) is 5.56 Å². The van der Waals surface area contributed by atoms with E-state index in [2.05, 4.69) is 177 Å². The molecule has 0 aliphatic heterocycles. The Morgan fingerprint density at radius 1 is 0.243 bits per heavy atom. The van der Waals surface area contributed by atoms with E-state index in [9.17, 15) is 43.0 Å². The Hall–Kier alpha value is -17.8. The van der Waals surface area contributed by atoms with Crippen LogP contribution < -0.4 is 10.4 Å². The number of hydrogen-bond acceptors (Lipinski definition) is 4. The van der Waals surface area contributed by atoms with Gasteiger partial charge in [0, 0.05) is 56.8 Å². The van der Waals surface area contributed by atoms with E-state index in [0.717, 1.165) is 161 Å². The maximum Gasteiger partial charge on any atom is 0.416 e. The van der Waals surface area contributed by atoms with Crippen LogP contribution in [-0.2, 0) is 12.1 Å². The van der Waals surface area contributed by atoms with Gasteiger partial charge in [-0.15, -0.1) is 0 Å². The minimum Gasteiger partial charge on any atom is -0.309 e. The van der Waals surface area contributed by atoms with Crippen LogP contribution in [0.25, 0.3) is 217 Å². The molecule has 22 aromatic rings. The van der Waals surface area contributed by atoms with Crippen molar-refractivity contribution >= 4 is 180 Å². The molecule has 19 heteroatoms. The first-order chi connectivity index (χ1) is 65.5. The summed E-state index contributed by atoms with van der Waals surface area (Å²) >= 11 is 0. The first kappa shape index (κ1) is 85.0. The zero-order valence-corrected chi connectivity index (χ0v) is 76.3. The van der Waals surface area contributed by atoms with Crippen LogP contribution in [0.15, 0.2) is 315 Å². The Kier molecular flexibility index (Phi) is 20.0. The van der Waals surface area contributed by atoms with Gasteiger partial charge < -0.3 is 18.3 Å². The maximum atomic E-state index is 14.7. The van der Waals surface area contributed by atoms with Crippen molar-refractivity contribution in [3.05, 3.63) is 395 Å². The second-order valence-electron chi connectivity index (χ2n) is 36.6. The highest BCUT2D eigenvalue weighted by Crippen LogP contribution is 2.52. The monoisotopic (exact) mass is 1800 g/mol. The van der Waals surface area contributed by atoms with E-state index < -0.39 is 33.8 Å². The molecule has 0 atom stereocenters. The van der Waals surface area contributed by atoms with Crippen molar-refractivity contribution in [1.29, 1.82) is 21.0 Å². The van der Waals surface area contributed by atoms with Crippen LogP contribution in [0.1, 0.15) is 40.3 Å². The highest BCUT2D eigenvalue weighted by molar-refractivity contribution is 6.89. The zero-order chi connectivity index (χ0) is 94.4.